The molecule has 4 aliphatic carbocycles. The fourth-order valence-corrected chi connectivity index (χ4v) is 7.57. The Morgan fingerprint density at radius 1 is 1.00 bits per heavy atom. The van der Waals surface area contributed by atoms with E-state index in [-0.39, 0.29) is 23.7 Å². The van der Waals surface area contributed by atoms with Crippen LogP contribution in [0.1, 0.15) is 54.4 Å². The van der Waals surface area contributed by atoms with Gasteiger partial charge < -0.3 is 24.3 Å². The van der Waals surface area contributed by atoms with E-state index in [2.05, 4.69) is 10.1 Å². The van der Waals surface area contributed by atoms with Gasteiger partial charge in [-0.1, -0.05) is 12.1 Å². The summed E-state index contributed by atoms with van der Waals surface area (Å²) in [5, 5.41) is 13.1. The normalized spacial score (nSPS) is 26.4. The average molecular weight is 543 g/mol. The van der Waals surface area contributed by atoms with Crippen molar-refractivity contribution in [2.24, 2.45) is 23.2 Å². The first kappa shape index (κ1) is 25.6. The smallest absolute Gasteiger partial charge is 0.486 e. The number of hydrogen-bond donors (Lipinski definition) is 2. The number of amides is 1. The van der Waals surface area contributed by atoms with E-state index in [9.17, 15) is 27.9 Å². The molecule has 0 radical (unpaired) electrons. The van der Waals surface area contributed by atoms with Crippen molar-refractivity contribution < 1.29 is 37.3 Å². The number of benzene rings is 1. The SMILES string of the molecule is O=C(NC(C(=O)O)C12CC3CC(CC(C3)C1)C2)c1ccn2cccc2c1OCc1ccc(OC(F)(F)F)cc1. The molecule has 0 spiro atoms. The second kappa shape index (κ2) is 9.50. The molecule has 4 saturated carbocycles. The maximum atomic E-state index is 13.6. The minimum atomic E-state index is -4.78. The summed E-state index contributed by atoms with van der Waals surface area (Å²) in [7, 11) is 0. The Morgan fingerprint density at radius 3 is 2.23 bits per heavy atom. The molecule has 1 amide bonds. The van der Waals surface area contributed by atoms with Gasteiger partial charge in [-0.15, -0.1) is 13.2 Å². The summed E-state index contributed by atoms with van der Waals surface area (Å²) < 4.78 is 49.2. The first-order chi connectivity index (χ1) is 18.6. The van der Waals surface area contributed by atoms with Crippen LogP contribution in [0, 0.1) is 23.2 Å². The molecule has 39 heavy (non-hydrogen) atoms. The van der Waals surface area contributed by atoms with Crippen molar-refractivity contribution in [1.82, 2.24) is 9.72 Å². The van der Waals surface area contributed by atoms with Crippen molar-refractivity contribution in [2.45, 2.75) is 57.5 Å². The van der Waals surface area contributed by atoms with Gasteiger partial charge in [-0.2, -0.15) is 0 Å². The zero-order valence-corrected chi connectivity index (χ0v) is 21.1. The van der Waals surface area contributed by atoms with E-state index >= 15 is 0 Å². The maximum Gasteiger partial charge on any atom is 0.573 e. The van der Waals surface area contributed by atoms with Crippen LogP contribution < -0.4 is 14.8 Å². The van der Waals surface area contributed by atoms with E-state index < -0.39 is 29.7 Å². The molecule has 1 unspecified atom stereocenters. The van der Waals surface area contributed by atoms with Crippen LogP contribution >= 0.6 is 0 Å². The molecule has 4 fully saturated rings. The van der Waals surface area contributed by atoms with Crippen LogP contribution in [0.2, 0.25) is 0 Å². The molecule has 4 aliphatic rings. The van der Waals surface area contributed by atoms with Gasteiger partial charge in [-0.05, 0) is 92.2 Å². The van der Waals surface area contributed by atoms with Crippen LogP contribution in [-0.2, 0) is 11.4 Å². The maximum absolute atomic E-state index is 13.6. The van der Waals surface area contributed by atoms with Crippen molar-refractivity contribution >= 4 is 17.4 Å². The van der Waals surface area contributed by atoms with E-state index in [1.807, 2.05) is 0 Å². The van der Waals surface area contributed by atoms with E-state index in [4.69, 9.17) is 4.74 Å². The van der Waals surface area contributed by atoms with E-state index in [0.29, 0.717) is 28.8 Å². The van der Waals surface area contributed by atoms with Gasteiger partial charge in [0.25, 0.3) is 5.91 Å². The number of nitrogens with one attached hydrogen (secondary N) is 1. The van der Waals surface area contributed by atoms with Gasteiger partial charge in [0, 0.05) is 17.8 Å². The zero-order valence-electron chi connectivity index (χ0n) is 21.1. The molecule has 1 aromatic carbocycles. The highest BCUT2D eigenvalue weighted by atomic mass is 19.4. The molecule has 2 heterocycles. The monoisotopic (exact) mass is 542 g/mol. The number of hydrogen-bond acceptors (Lipinski definition) is 4. The topological polar surface area (TPSA) is 89.3 Å². The molecule has 206 valence electrons. The van der Waals surface area contributed by atoms with Gasteiger partial charge in [-0.3, -0.25) is 4.79 Å². The highest BCUT2D eigenvalue weighted by molar-refractivity contribution is 6.01. The molecule has 2 N–H and O–H groups in total. The number of nitrogens with zero attached hydrogens (tertiary/aromatic N) is 1. The van der Waals surface area contributed by atoms with Gasteiger partial charge in [0.2, 0.25) is 0 Å². The van der Waals surface area contributed by atoms with Crippen LogP contribution in [0.5, 0.6) is 11.5 Å². The van der Waals surface area contributed by atoms with Crippen molar-refractivity contribution in [3.05, 3.63) is 66.0 Å². The van der Waals surface area contributed by atoms with E-state index in [0.717, 1.165) is 38.5 Å². The number of rotatable bonds is 8. The van der Waals surface area contributed by atoms with Gasteiger partial charge in [0.15, 0.2) is 5.75 Å². The van der Waals surface area contributed by atoms with Crippen molar-refractivity contribution in [3.63, 3.8) is 0 Å². The first-order valence-electron chi connectivity index (χ1n) is 13.2. The lowest BCUT2D eigenvalue weighted by atomic mass is 9.47. The summed E-state index contributed by atoms with van der Waals surface area (Å²) >= 11 is 0. The van der Waals surface area contributed by atoms with Crippen molar-refractivity contribution in [3.8, 4) is 11.5 Å². The van der Waals surface area contributed by atoms with E-state index in [1.165, 1.54) is 24.3 Å². The molecule has 4 bridgehead atoms. The second-order valence-corrected chi connectivity index (χ2v) is 11.4. The average Bonchev–Trinajstić information content (AvgIpc) is 3.34. The third-order valence-corrected chi connectivity index (χ3v) is 8.66. The Morgan fingerprint density at radius 2 is 1.64 bits per heavy atom. The predicted octanol–water partition coefficient (Wildman–Crippen LogP) is 5.82. The Kier molecular flexibility index (Phi) is 6.23. The van der Waals surface area contributed by atoms with Crippen LogP contribution in [0.4, 0.5) is 13.2 Å². The lowest BCUT2D eigenvalue weighted by Crippen LogP contribution is -2.59. The number of carboxylic acid groups (broad SMARTS) is 1. The molecular weight excluding hydrogens is 513 g/mol. The number of pyridine rings is 1. The van der Waals surface area contributed by atoms with Crippen LogP contribution in [0.25, 0.3) is 5.52 Å². The molecule has 3 aromatic rings. The number of aromatic nitrogens is 1. The quantitative estimate of drug-likeness (QED) is 0.375. The summed E-state index contributed by atoms with van der Waals surface area (Å²) in [5.74, 6) is -0.0326. The minimum Gasteiger partial charge on any atom is -0.486 e. The van der Waals surface area contributed by atoms with Crippen molar-refractivity contribution in [1.29, 1.82) is 0 Å². The molecule has 0 saturated heterocycles. The third kappa shape index (κ3) is 5.04. The number of halogens is 3. The molecule has 1 atom stereocenters. The number of alkyl halides is 3. The standard InChI is InChI=1S/C29H29F3N2O5/c30-29(31,32)39-21-5-3-17(4-6-21)16-38-24-22(7-9-34-8-1-2-23(24)34)26(35)33-25(27(36)37)28-13-18-10-19(14-28)12-20(11-18)15-28/h1-9,18-20,25H,10-16H2,(H,33,35)(H,36,37). The second-order valence-electron chi connectivity index (χ2n) is 11.4. The van der Waals surface area contributed by atoms with Crippen LogP contribution in [0.15, 0.2) is 54.9 Å². The summed E-state index contributed by atoms with van der Waals surface area (Å²) in [6.07, 6.45) is 4.67. The summed E-state index contributed by atoms with van der Waals surface area (Å²) in [4.78, 5) is 26.2. The predicted molar refractivity (Wildman–Crippen MR) is 134 cm³/mol. The fourth-order valence-electron chi connectivity index (χ4n) is 7.57. The number of ether oxygens (including phenoxy) is 2. The van der Waals surface area contributed by atoms with Gasteiger partial charge >= 0.3 is 12.3 Å². The molecule has 2 aromatic heterocycles. The molecule has 0 aliphatic heterocycles. The first-order valence-corrected chi connectivity index (χ1v) is 13.2. The summed E-state index contributed by atoms with van der Waals surface area (Å²) in [5.41, 5.74) is 0.952. The number of aliphatic carboxylic acids is 1. The Bertz CT molecular complexity index is 1360. The van der Waals surface area contributed by atoms with E-state index in [1.54, 1.807) is 35.0 Å². The Hall–Kier alpha value is -3.69. The highest BCUT2D eigenvalue weighted by Crippen LogP contribution is 2.61. The zero-order chi connectivity index (χ0) is 27.4. The minimum absolute atomic E-state index is 0.0191. The number of carboxylic acids is 1. The summed E-state index contributed by atoms with van der Waals surface area (Å²) in [6, 6.07) is 9.47. The molecule has 7 nitrogen and oxygen atoms in total. The number of carbonyl (C=O) groups is 2. The summed E-state index contributed by atoms with van der Waals surface area (Å²) in [6.45, 7) is -0.0191. The Balaban J connectivity index is 1.24. The van der Waals surface area contributed by atoms with Crippen LogP contribution in [-0.4, -0.2) is 33.8 Å². The van der Waals surface area contributed by atoms with Crippen LogP contribution in [0.3, 0.4) is 0 Å². The molecule has 10 heteroatoms. The lowest BCUT2D eigenvalue weighted by Gasteiger charge is -2.58. The van der Waals surface area contributed by atoms with Gasteiger partial charge in [0.05, 0.1) is 11.1 Å². The van der Waals surface area contributed by atoms with Crippen molar-refractivity contribution in [2.75, 3.05) is 0 Å². The lowest BCUT2D eigenvalue weighted by molar-refractivity contribution is -0.274. The molecule has 7 rings (SSSR count). The number of fused-ring (bicyclic) bond motifs is 1. The van der Waals surface area contributed by atoms with Gasteiger partial charge in [-0.25, -0.2) is 4.79 Å². The highest BCUT2D eigenvalue weighted by Gasteiger charge is 2.56. The fraction of sp³-hybridized carbons (Fsp3) is 0.448. The largest absolute Gasteiger partial charge is 0.573 e. The third-order valence-electron chi connectivity index (χ3n) is 8.66. The molecular formula is C29H29F3N2O5. The van der Waals surface area contributed by atoms with Gasteiger partial charge in [0.1, 0.15) is 18.4 Å². The number of carbonyl (C=O) groups excluding carboxylic acids is 1. The Labute approximate surface area is 222 Å².